The molecule has 1 fully saturated rings. The molecular weight excluding hydrogens is 238 g/mol. The topological polar surface area (TPSA) is 45.6 Å². The van der Waals surface area contributed by atoms with Gasteiger partial charge in [-0.3, -0.25) is 4.90 Å². The highest BCUT2D eigenvalue weighted by Crippen LogP contribution is 2.24. The average molecular weight is 265 g/mol. The maximum absolute atomic E-state index is 5.95. The summed E-state index contributed by atoms with van der Waals surface area (Å²) in [5, 5.41) is 0. The first kappa shape index (κ1) is 14.6. The van der Waals surface area contributed by atoms with Crippen molar-refractivity contribution in [2.24, 2.45) is 11.7 Å². The number of hydrogen-bond acceptors (Lipinski definition) is 4. The van der Waals surface area contributed by atoms with Crippen molar-refractivity contribution < 1.29 is 4.42 Å². The number of likely N-dealkylation sites (N-methyl/N-ethyl adjacent to an activating group) is 1. The minimum absolute atomic E-state index is 0.200. The second-order valence-corrected chi connectivity index (χ2v) is 5.77. The molecule has 2 N–H and O–H groups in total. The van der Waals surface area contributed by atoms with Gasteiger partial charge in [0.25, 0.3) is 0 Å². The summed E-state index contributed by atoms with van der Waals surface area (Å²) in [5.74, 6) is 2.81. The Morgan fingerprint density at radius 1 is 1.53 bits per heavy atom. The van der Waals surface area contributed by atoms with Gasteiger partial charge in [-0.2, -0.15) is 0 Å². The highest BCUT2D eigenvalue weighted by molar-refractivity contribution is 5.11. The van der Waals surface area contributed by atoms with E-state index in [2.05, 4.69) is 43.0 Å². The molecule has 0 aromatic carbocycles. The van der Waals surface area contributed by atoms with E-state index in [1.165, 1.54) is 19.5 Å². The Hall–Kier alpha value is -0.840. The van der Waals surface area contributed by atoms with Crippen LogP contribution in [0.5, 0.6) is 0 Å². The molecule has 0 saturated carbocycles. The summed E-state index contributed by atoms with van der Waals surface area (Å²) in [6.07, 6.45) is 2.23. The number of rotatable bonds is 6. The Kier molecular flexibility index (Phi) is 5.02. The zero-order valence-electron chi connectivity index (χ0n) is 12.4. The Morgan fingerprint density at radius 2 is 2.32 bits per heavy atom. The second-order valence-electron chi connectivity index (χ2n) is 5.77. The summed E-state index contributed by atoms with van der Waals surface area (Å²) < 4.78 is 5.86. The van der Waals surface area contributed by atoms with Crippen LogP contribution in [-0.2, 0) is 6.42 Å². The number of nitrogens with two attached hydrogens (primary N) is 1. The van der Waals surface area contributed by atoms with E-state index in [0.29, 0.717) is 6.54 Å². The molecule has 19 heavy (non-hydrogen) atoms. The molecule has 2 heterocycles. The molecule has 2 atom stereocenters. The first-order chi connectivity index (χ1) is 9.13. The summed E-state index contributed by atoms with van der Waals surface area (Å²) in [4.78, 5) is 4.75. The highest BCUT2D eigenvalue weighted by Gasteiger charge is 2.25. The van der Waals surface area contributed by atoms with E-state index in [-0.39, 0.29) is 6.04 Å². The molecule has 2 unspecified atom stereocenters. The van der Waals surface area contributed by atoms with Crippen molar-refractivity contribution in [2.75, 3.05) is 40.3 Å². The number of aryl methyl sites for hydroxylation is 1. The first-order valence-corrected chi connectivity index (χ1v) is 7.31. The SMILES string of the molecule is CCc1ccc(C(CN)N(C)CC2CCN(C)C2)o1. The van der Waals surface area contributed by atoms with Gasteiger partial charge in [0, 0.05) is 26.1 Å². The molecule has 1 saturated heterocycles. The van der Waals surface area contributed by atoms with Crippen molar-refractivity contribution >= 4 is 0 Å². The minimum Gasteiger partial charge on any atom is -0.464 e. The van der Waals surface area contributed by atoms with Gasteiger partial charge in [0.05, 0.1) is 6.04 Å². The fourth-order valence-electron chi connectivity index (χ4n) is 2.99. The third-order valence-electron chi connectivity index (χ3n) is 4.15. The van der Waals surface area contributed by atoms with Crippen LogP contribution in [0.15, 0.2) is 16.5 Å². The Balaban J connectivity index is 1.96. The molecule has 0 bridgehead atoms. The number of nitrogens with zero attached hydrogens (tertiary/aromatic N) is 2. The maximum atomic E-state index is 5.95. The van der Waals surface area contributed by atoms with Gasteiger partial charge in [-0.1, -0.05) is 6.92 Å². The zero-order chi connectivity index (χ0) is 13.8. The molecule has 108 valence electrons. The zero-order valence-corrected chi connectivity index (χ0v) is 12.4. The van der Waals surface area contributed by atoms with Crippen molar-refractivity contribution in [3.05, 3.63) is 23.7 Å². The van der Waals surface area contributed by atoms with E-state index in [9.17, 15) is 0 Å². The monoisotopic (exact) mass is 265 g/mol. The summed E-state index contributed by atoms with van der Waals surface area (Å²) in [6.45, 7) is 6.22. The van der Waals surface area contributed by atoms with Crippen molar-refractivity contribution in [1.29, 1.82) is 0 Å². The van der Waals surface area contributed by atoms with Gasteiger partial charge in [-0.25, -0.2) is 0 Å². The van der Waals surface area contributed by atoms with Gasteiger partial charge in [0.15, 0.2) is 0 Å². The Morgan fingerprint density at radius 3 is 2.84 bits per heavy atom. The lowest BCUT2D eigenvalue weighted by molar-refractivity contribution is 0.188. The molecule has 1 aliphatic rings. The predicted molar refractivity (Wildman–Crippen MR) is 78.1 cm³/mol. The van der Waals surface area contributed by atoms with Crippen molar-refractivity contribution in [2.45, 2.75) is 25.8 Å². The van der Waals surface area contributed by atoms with Gasteiger partial charge in [-0.15, -0.1) is 0 Å². The van der Waals surface area contributed by atoms with Crippen LogP contribution in [0.25, 0.3) is 0 Å². The molecule has 4 heteroatoms. The van der Waals surface area contributed by atoms with Crippen LogP contribution in [0.4, 0.5) is 0 Å². The van der Waals surface area contributed by atoms with Gasteiger partial charge >= 0.3 is 0 Å². The van der Waals surface area contributed by atoms with E-state index < -0.39 is 0 Å². The van der Waals surface area contributed by atoms with E-state index >= 15 is 0 Å². The van der Waals surface area contributed by atoms with E-state index in [0.717, 1.165) is 30.4 Å². The van der Waals surface area contributed by atoms with Crippen LogP contribution in [0, 0.1) is 5.92 Å². The molecule has 2 rings (SSSR count). The average Bonchev–Trinajstić information content (AvgIpc) is 3.00. The first-order valence-electron chi connectivity index (χ1n) is 7.31. The van der Waals surface area contributed by atoms with E-state index in [1.807, 2.05) is 0 Å². The number of furan rings is 1. The predicted octanol–water partition coefficient (Wildman–Crippen LogP) is 1.73. The van der Waals surface area contributed by atoms with Crippen LogP contribution < -0.4 is 5.73 Å². The quantitative estimate of drug-likeness (QED) is 0.851. The minimum atomic E-state index is 0.200. The molecule has 4 nitrogen and oxygen atoms in total. The van der Waals surface area contributed by atoms with Crippen molar-refractivity contribution in [1.82, 2.24) is 9.80 Å². The Labute approximate surface area is 116 Å². The normalized spacial score (nSPS) is 22.3. The lowest BCUT2D eigenvalue weighted by atomic mass is 10.1. The van der Waals surface area contributed by atoms with Crippen molar-refractivity contribution in [3.63, 3.8) is 0 Å². The van der Waals surface area contributed by atoms with Crippen LogP contribution >= 0.6 is 0 Å². The standard InChI is InChI=1S/C15H27N3O/c1-4-13-5-6-15(19-13)14(9-16)18(3)11-12-7-8-17(2)10-12/h5-6,12,14H,4,7-11,16H2,1-3H3. The molecular formula is C15H27N3O. The smallest absolute Gasteiger partial charge is 0.122 e. The van der Waals surface area contributed by atoms with Crippen LogP contribution in [-0.4, -0.2) is 50.1 Å². The second kappa shape index (κ2) is 6.55. The van der Waals surface area contributed by atoms with E-state index in [4.69, 9.17) is 10.2 Å². The summed E-state index contributed by atoms with van der Waals surface area (Å²) in [5.41, 5.74) is 5.95. The molecule has 0 radical (unpaired) electrons. The number of hydrogen-bond donors (Lipinski definition) is 1. The third kappa shape index (κ3) is 3.59. The molecule has 0 spiro atoms. The lowest BCUT2D eigenvalue weighted by Gasteiger charge is -2.27. The molecule has 1 aromatic heterocycles. The molecule has 1 aliphatic heterocycles. The van der Waals surface area contributed by atoms with Crippen LogP contribution in [0.2, 0.25) is 0 Å². The molecule has 1 aromatic rings. The lowest BCUT2D eigenvalue weighted by Crippen LogP contribution is -2.34. The number of likely N-dealkylation sites (tertiary alicyclic amines) is 1. The molecule has 0 aliphatic carbocycles. The summed E-state index contributed by atoms with van der Waals surface area (Å²) in [6, 6.07) is 4.34. The largest absolute Gasteiger partial charge is 0.464 e. The highest BCUT2D eigenvalue weighted by atomic mass is 16.3. The summed E-state index contributed by atoms with van der Waals surface area (Å²) >= 11 is 0. The third-order valence-corrected chi connectivity index (χ3v) is 4.15. The van der Waals surface area contributed by atoms with E-state index in [1.54, 1.807) is 0 Å². The van der Waals surface area contributed by atoms with Gasteiger partial charge in [0.2, 0.25) is 0 Å². The fourth-order valence-corrected chi connectivity index (χ4v) is 2.99. The summed E-state index contributed by atoms with van der Waals surface area (Å²) in [7, 11) is 4.35. The van der Waals surface area contributed by atoms with Gasteiger partial charge < -0.3 is 15.1 Å². The molecule has 0 amide bonds. The maximum Gasteiger partial charge on any atom is 0.122 e. The fraction of sp³-hybridized carbons (Fsp3) is 0.733. The Bertz CT molecular complexity index is 390. The van der Waals surface area contributed by atoms with Crippen LogP contribution in [0.1, 0.15) is 30.9 Å². The van der Waals surface area contributed by atoms with Gasteiger partial charge in [-0.05, 0) is 45.1 Å². The van der Waals surface area contributed by atoms with Gasteiger partial charge in [0.1, 0.15) is 11.5 Å². The van der Waals surface area contributed by atoms with Crippen molar-refractivity contribution in [3.8, 4) is 0 Å². The van der Waals surface area contributed by atoms with Crippen LogP contribution in [0.3, 0.4) is 0 Å².